The molecule has 3 heterocycles. The standard InChI is InChI=1S/C23H20Cl2N4OS/c1-14-20(22(30)28-11-12-31-23(28)15-5-3-2-4-6-15)21(29-19(27-14)9-10-26-29)16-7-8-17(24)18(25)13-16/h2-10,13,21,23,27H,11-12H2,1H3. The summed E-state index contributed by atoms with van der Waals surface area (Å²) < 4.78 is 1.83. The lowest BCUT2D eigenvalue weighted by Crippen LogP contribution is -2.38. The van der Waals surface area contributed by atoms with Gasteiger partial charge in [-0.2, -0.15) is 5.10 Å². The van der Waals surface area contributed by atoms with Crippen LogP contribution in [0, 0.1) is 0 Å². The molecule has 0 bridgehead atoms. The number of amides is 1. The van der Waals surface area contributed by atoms with Crippen molar-refractivity contribution in [2.24, 2.45) is 0 Å². The van der Waals surface area contributed by atoms with Gasteiger partial charge in [0.2, 0.25) is 0 Å². The van der Waals surface area contributed by atoms with Crippen molar-refractivity contribution in [3.8, 4) is 0 Å². The van der Waals surface area contributed by atoms with E-state index < -0.39 is 6.04 Å². The molecule has 5 nitrogen and oxygen atoms in total. The second-order valence-electron chi connectivity index (χ2n) is 7.53. The quantitative estimate of drug-likeness (QED) is 0.528. The van der Waals surface area contributed by atoms with Gasteiger partial charge in [0, 0.05) is 24.1 Å². The van der Waals surface area contributed by atoms with Gasteiger partial charge in [0.25, 0.3) is 5.91 Å². The Morgan fingerprint density at radius 1 is 1.10 bits per heavy atom. The van der Waals surface area contributed by atoms with Gasteiger partial charge < -0.3 is 10.2 Å². The van der Waals surface area contributed by atoms with Crippen LogP contribution in [0.2, 0.25) is 10.0 Å². The van der Waals surface area contributed by atoms with Crippen LogP contribution in [0.25, 0.3) is 0 Å². The van der Waals surface area contributed by atoms with E-state index in [0.29, 0.717) is 22.2 Å². The zero-order chi connectivity index (χ0) is 21.5. The molecule has 2 atom stereocenters. The Bertz CT molecular complexity index is 1180. The van der Waals surface area contributed by atoms with Crippen molar-refractivity contribution >= 4 is 46.7 Å². The molecule has 2 aromatic carbocycles. The first-order valence-electron chi connectivity index (χ1n) is 9.98. The van der Waals surface area contributed by atoms with Gasteiger partial charge >= 0.3 is 0 Å². The molecule has 8 heteroatoms. The van der Waals surface area contributed by atoms with Gasteiger partial charge in [-0.1, -0.05) is 59.6 Å². The molecule has 3 aromatic rings. The van der Waals surface area contributed by atoms with Crippen LogP contribution < -0.4 is 5.32 Å². The maximum Gasteiger partial charge on any atom is 0.255 e. The Morgan fingerprint density at radius 3 is 2.68 bits per heavy atom. The molecule has 1 aromatic heterocycles. The summed E-state index contributed by atoms with van der Waals surface area (Å²) in [7, 11) is 0. The van der Waals surface area contributed by atoms with Gasteiger partial charge in [0.05, 0.1) is 21.8 Å². The SMILES string of the molecule is CC1=C(C(=O)N2CCSC2c2ccccc2)C(c2ccc(Cl)c(Cl)c2)n2nccc2N1. The lowest BCUT2D eigenvalue weighted by molar-refractivity contribution is -0.127. The third-order valence-electron chi connectivity index (χ3n) is 5.63. The molecule has 0 radical (unpaired) electrons. The van der Waals surface area contributed by atoms with Gasteiger partial charge in [0.15, 0.2) is 0 Å². The number of rotatable bonds is 3. The fraction of sp³-hybridized carbons (Fsp3) is 0.217. The number of allylic oxidation sites excluding steroid dienone is 1. The van der Waals surface area contributed by atoms with Gasteiger partial charge in [-0.3, -0.25) is 4.79 Å². The Labute approximate surface area is 195 Å². The van der Waals surface area contributed by atoms with Crippen molar-refractivity contribution in [3.05, 3.63) is 93.2 Å². The molecule has 0 spiro atoms. The van der Waals surface area contributed by atoms with E-state index in [9.17, 15) is 4.79 Å². The lowest BCUT2D eigenvalue weighted by atomic mass is 9.94. The van der Waals surface area contributed by atoms with Crippen LogP contribution in [0.4, 0.5) is 5.82 Å². The molecule has 1 saturated heterocycles. The van der Waals surface area contributed by atoms with Gasteiger partial charge in [-0.05, 0) is 30.2 Å². The van der Waals surface area contributed by atoms with Crippen LogP contribution >= 0.6 is 35.0 Å². The zero-order valence-electron chi connectivity index (χ0n) is 16.8. The van der Waals surface area contributed by atoms with E-state index in [2.05, 4.69) is 22.5 Å². The van der Waals surface area contributed by atoms with E-state index >= 15 is 0 Å². The number of hydrogen-bond donors (Lipinski definition) is 1. The highest BCUT2D eigenvalue weighted by atomic mass is 35.5. The summed E-state index contributed by atoms with van der Waals surface area (Å²) in [5.74, 6) is 1.73. The van der Waals surface area contributed by atoms with E-state index in [1.165, 1.54) is 0 Å². The van der Waals surface area contributed by atoms with Crippen LogP contribution in [0.5, 0.6) is 0 Å². The van der Waals surface area contributed by atoms with E-state index in [-0.39, 0.29) is 11.3 Å². The van der Waals surface area contributed by atoms with Crippen molar-refractivity contribution in [2.75, 3.05) is 17.6 Å². The molecular weight excluding hydrogens is 451 g/mol. The van der Waals surface area contributed by atoms with E-state index in [0.717, 1.165) is 28.4 Å². The molecule has 0 saturated carbocycles. The minimum absolute atomic E-state index is 0.000996. The van der Waals surface area contributed by atoms with E-state index in [1.54, 1.807) is 24.0 Å². The summed E-state index contributed by atoms with van der Waals surface area (Å²) >= 11 is 14.3. The Kier molecular flexibility index (Phi) is 5.46. The fourth-order valence-corrected chi connectivity index (χ4v) is 5.76. The first-order valence-corrected chi connectivity index (χ1v) is 11.8. The second-order valence-corrected chi connectivity index (χ2v) is 9.54. The monoisotopic (exact) mass is 470 g/mol. The van der Waals surface area contributed by atoms with Gasteiger partial charge in [-0.25, -0.2) is 4.68 Å². The van der Waals surface area contributed by atoms with Gasteiger partial charge in [0.1, 0.15) is 17.2 Å². The minimum atomic E-state index is -0.393. The molecule has 1 N–H and O–H groups in total. The third-order valence-corrected chi connectivity index (χ3v) is 7.63. The molecule has 0 aliphatic carbocycles. The zero-order valence-corrected chi connectivity index (χ0v) is 19.1. The molecule has 158 valence electrons. The largest absolute Gasteiger partial charge is 0.344 e. The first-order chi connectivity index (χ1) is 15.0. The molecule has 31 heavy (non-hydrogen) atoms. The number of carbonyl (C=O) groups is 1. The summed E-state index contributed by atoms with van der Waals surface area (Å²) in [6.45, 7) is 2.63. The van der Waals surface area contributed by atoms with Crippen molar-refractivity contribution in [3.63, 3.8) is 0 Å². The molecule has 1 fully saturated rings. The summed E-state index contributed by atoms with van der Waals surface area (Å²) in [5, 5.41) is 8.77. The maximum absolute atomic E-state index is 14.0. The van der Waals surface area contributed by atoms with Gasteiger partial charge in [-0.15, -0.1) is 11.8 Å². The summed E-state index contributed by atoms with van der Waals surface area (Å²) in [6.07, 6.45) is 1.73. The molecule has 5 rings (SSSR count). The molecule has 2 unspecified atom stereocenters. The average molecular weight is 471 g/mol. The summed E-state index contributed by atoms with van der Waals surface area (Å²) in [4.78, 5) is 15.9. The summed E-state index contributed by atoms with van der Waals surface area (Å²) in [5.41, 5.74) is 3.48. The number of hydrogen-bond acceptors (Lipinski definition) is 4. The number of anilines is 1. The minimum Gasteiger partial charge on any atom is -0.344 e. The molecule has 1 amide bonds. The van der Waals surface area contributed by atoms with Crippen LogP contribution in [-0.2, 0) is 4.79 Å². The van der Waals surface area contributed by atoms with Crippen LogP contribution in [0.15, 0.2) is 72.1 Å². The number of nitrogens with zero attached hydrogens (tertiary/aromatic N) is 3. The number of aromatic nitrogens is 2. The van der Waals surface area contributed by atoms with Crippen molar-refractivity contribution in [1.82, 2.24) is 14.7 Å². The van der Waals surface area contributed by atoms with Crippen molar-refractivity contribution in [2.45, 2.75) is 18.3 Å². The van der Waals surface area contributed by atoms with E-state index in [1.807, 2.05) is 52.9 Å². The molecular formula is C23H20Cl2N4OS. The molecule has 2 aliphatic heterocycles. The van der Waals surface area contributed by atoms with Crippen LogP contribution in [0.3, 0.4) is 0 Å². The topological polar surface area (TPSA) is 50.2 Å². The Morgan fingerprint density at radius 2 is 1.90 bits per heavy atom. The number of fused-ring (bicyclic) bond motifs is 1. The lowest BCUT2D eigenvalue weighted by Gasteiger charge is -2.33. The number of nitrogens with one attached hydrogen (secondary N) is 1. The Balaban J connectivity index is 1.58. The van der Waals surface area contributed by atoms with Crippen molar-refractivity contribution in [1.29, 1.82) is 0 Å². The Hall–Kier alpha value is -2.41. The second kappa shape index (κ2) is 8.26. The van der Waals surface area contributed by atoms with Crippen LogP contribution in [0.1, 0.15) is 29.5 Å². The first kappa shape index (κ1) is 20.5. The predicted octanol–water partition coefficient (Wildman–Crippen LogP) is 5.75. The number of thioether (sulfide) groups is 1. The smallest absolute Gasteiger partial charge is 0.255 e. The van der Waals surface area contributed by atoms with Crippen LogP contribution in [-0.4, -0.2) is 32.9 Å². The third kappa shape index (κ3) is 3.63. The highest BCUT2D eigenvalue weighted by molar-refractivity contribution is 7.99. The highest BCUT2D eigenvalue weighted by Crippen LogP contribution is 2.43. The van der Waals surface area contributed by atoms with Crippen molar-refractivity contribution < 1.29 is 4.79 Å². The fourth-order valence-electron chi connectivity index (χ4n) is 4.20. The molecule has 2 aliphatic rings. The number of carbonyl (C=O) groups excluding carboxylic acids is 1. The predicted molar refractivity (Wildman–Crippen MR) is 127 cm³/mol. The number of halogens is 2. The normalized spacial score (nSPS) is 20.5. The maximum atomic E-state index is 14.0. The number of benzene rings is 2. The van der Waals surface area contributed by atoms with E-state index in [4.69, 9.17) is 23.2 Å². The highest BCUT2D eigenvalue weighted by Gasteiger charge is 2.39. The average Bonchev–Trinajstić information content (AvgIpc) is 3.44. The summed E-state index contributed by atoms with van der Waals surface area (Å²) in [6, 6.07) is 17.2.